The van der Waals surface area contributed by atoms with Crippen LogP contribution in [0.4, 0.5) is 0 Å². The maximum absolute atomic E-state index is 13.9. The predicted molar refractivity (Wildman–Crippen MR) is 178 cm³/mol. The van der Waals surface area contributed by atoms with Gasteiger partial charge in [-0.25, -0.2) is 0 Å². The zero-order chi connectivity index (χ0) is 34.8. The molecule has 1 aliphatic heterocycles. The third-order valence-electron chi connectivity index (χ3n) is 8.91. The first kappa shape index (κ1) is 35.3. The highest BCUT2D eigenvalue weighted by molar-refractivity contribution is 5.99. The van der Waals surface area contributed by atoms with Crippen LogP contribution in [0.3, 0.4) is 0 Å². The van der Waals surface area contributed by atoms with Crippen LogP contribution in [0.5, 0.6) is 11.5 Å². The molecular formula is C35H45N7O7. The van der Waals surface area contributed by atoms with E-state index in [2.05, 4.69) is 31.6 Å². The molecule has 5 N–H and O–H groups in total. The Morgan fingerprint density at radius 2 is 1.73 bits per heavy atom. The minimum atomic E-state index is -1.40. The summed E-state index contributed by atoms with van der Waals surface area (Å²) in [5.74, 6) is -1.66. The van der Waals surface area contributed by atoms with Gasteiger partial charge in [-0.05, 0) is 49.4 Å². The number of hydrogen-bond acceptors (Lipinski definition) is 9. The highest BCUT2D eigenvalue weighted by Gasteiger charge is 2.36. The molecule has 1 fully saturated rings. The van der Waals surface area contributed by atoms with Gasteiger partial charge < -0.3 is 35.8 Å². The van der Waals surface area contributed by atoms with Crippen LogP contribution in [-0.2, 0) is 33.9 Å². The summed E-state index contributed by atoms with van der Waals surface area (Å²) in [6.07, 6.45) is 5.38. The van der Waals surface area contributed by atoms with Crippen molar-refractivity contribution >= 4 is 23.6 Å². The Hall–Kier alpha value is -4.98. The van der Waals surface area contributed by atoms with Crippen LogP contribution >= 0.6 is 0 Å². The molecule has 1 saturated carbocycles. The molecule has 4 bridgehead atoms. The Bertz CT molecular complexity index is 1590. The largest absolute Gasteiger partial charge is 0.493 e. The number of ether oxygens (including phenoxy) is 2. The third-order valence-corrected chi connectivity index (χ3v) is 8.91. The molecule has 14 nitrogen and oxygen atoms in total. The number of aromatic nitrogens is 3. The van der Waals surface area contributed by atoms with Gasteiger partial charge in [0.05, 0.1) is 32.6 Å². The van der Waals surface area contributed by atoms with Crippen molar-refractivity contribution in [2.75, 3.05) is 13.7 Å². The average molecular weight is 676 g/mol. The lowest BCUT2D eigenvalue weighted by Gasteiger charge is -2.32. The normalized spacial score (nSPS) is 22.6. The van der Waals surface area contributed by atoms with Gasteiger partial charge in [0.15, 0.2) is 11.5 Å². The Kier molecular flexibility index (Phi) is 12.2. The van der Waals surface area contributed by atoms with E-state index in [9.17, 15) is 24.3 Å². The fraction of sp³-hybridized carbons (Fsp3) is 0.486. The summed E-state index contributed by atoms with van der Waals surface area (Å²) < 4.78 is 13.1. The zero-order valence-electron chi connectivity index (χ0n) is 27.9. The first-order chi connectivity index (χ1) is 23.7. The molecule has 5 rings (SSSR count). The number of fused-ring (bicyclic) bond motifs is 4. The number of aryl methyl sites for hydroxylation is 1. The molecule has 0 saturated heterocycles. The summed E-state index contributed by atoms with van der Waals surface area (Å²) in [6.45, 7) is 2.23. The molecule has 0 unspecified atom stereocenters. The Balaban J connectivity index is 1.45. The average Bonchev–Trinajstić information content (AvgIpc) is 3.57. The molecule has 4 amide bonds. The standard InChI is InChI=1S/C35H45N7O7/c1-22(43)30-34(46)37-27(18-23-10-5-3-6-11-23)33(45)36-20-26-21-42(41-40-26)16-9-17-49-29-19-25(14-15-28(29)48-2)32(44)39-31(35(47)38-30)24-12-7-4-8-13-24/h3,5-6,10-11,14-15,19,21-22,24,27,30-31,43H,4,7-9,12-13,16-18,20H2,1-2H3,(H,36,45)(H,37,46)(H,38,47)(H,39,44)/t22-,27-,30+,31+/m1/s1. The first-order valence-electron chi connectivity index (χ1n) is 16.8. The zero-order valence-corrected chi connectivity index (χ0v) is 27.9. The molecule has 3 aromatic rings. The van der Waals surface area contributed by atoms with Gasteiger partial charge in [-0.15, -0.1) is 5.10 Å². The van der Waals surface area contributed by atoms with E-state index in [0.717, 1.165) is 24.8 Å². The molecule has 0 spiro atoms. The van der Waals surface area contributed by atoms with Crippen LogP contribution in [0.15, 0.2) is 54.7 Å². The number of nitrogens with zero attached hydrogens (tertiary/aromatic N) is 3. The Morgan fingerprint density at radius 1 is 0.959 bits per heavy atom. The number of rotatable bonds is 5. The fourth-order valence-corrected chi connectivity index (χ4v) is 6.23. The number of aliphatic hydroxyl groups excluding tert-OH is 1. The number of carbonyl (C=O) groups is 4. The predicted octanol–water partition coefficient (Wildman–Crippen LogP) is 1.66. The minimum Gasteiger partial charge on any atom is -0.493 e. The lowest BCUT2D eigenvalue weighted by atomic mass is 9.83. The molecule has 0 radical (unpaired) electrons. The van der Waals surface area contributed by atoms with E-state index in [4.69, 9.17) is 9.47 Å². The van der Waals surface area contributed by atoms with Gasteiger partial charge >= 0.3 is 0 Å². The maximum atomic E-state index is 13.9. The van der Waals surface area contributed by atoms with Crippen molar-refractivity contribution in [2.45, 2.75) is 89.2 Å². The van der Waals surface area contributed by atoms with Gasteiger partial charge in [0.25, 0.3) is 5.91 Å². The molecule has 4 atom stereocenters. The topological polar surface area (TPSA) is 186 Å². The van der Waals surface area contributed by atoms with Gasteiger partial charge in [0.2, 0.25) is 17.7 Å². The molecule has 262 valence electrons. The van der Waals surface area contributed by atoms with E-state index in [-0.39, 0.29) is 24.4 Å². The first-order valence-corrected chi connectivity index (χ1v) is 16.8. The van der Waals surface area contributed by atoms with Crippen LogP contribution in [0.25, 0.3) is 0 Å². The van der Waals surface area contributed by atoms with Crippen molar-refractivity contribution in [1.82, 2.24) is 36.3 Å². The molecular weight excluding hydrogens is 630 g/mol. The summed E-state index contributed by atoms with van der Waals surface area (Å²) in [6, 6.07) is 10.6. The van der Waals surface area contributed by atoms with Crippen LogP contribution in [0.2, 0.25) is 0 Å². The Labute approximate surface area is 285 Å². The second-order valence-electron chi connectivity index (χ2n) is 12.6. The number of amides is 4. The van der Waals surface area contributed by atoms with Gasteiger partial charge in [-0.2, -0.15) is 0 Å². The Morgan fingerprint density at radius 3 is 2.47 bits per heavy atom. The maximum Gasteiger partial charge on any atom is 0.252 e. The van der Waals surface area contributed by atoms with Gasteiger partial charge in [-0.3, -0.25) is 23.9 Å². The highest BCUT2D eigenvalue weighted by atomic mass is 16.5. The van der Waals surface area contributed by atoms with E-state index < -0.39 is 47.9 Å². The van der Waals surface area contributed by atoms with Gasteiger partial charge in [0, 0.05) is 24.9 Å². The number of carbonyl (C=O) groups excluding carboxylic acids is 4. The van der Waals surface area contributed by atoms with E-state index in [1.807, 2.05) is 30.3 Å². The minimum absolute atomic E-state index is 0.0693. The number of benzene rings is 2. The van der Waals surface area contributed by atoms with Crippen molar-refractivity contribution < 1.29 is 33.8 Å². The molecule has 1 aliphatic carbocycles. The van der Waals surface area contributed by atoms with Crippen molar-refractivity contribution in [3.8, 4) is 11.5 Å². The summed E-state index contributed by atoms with van der Waals surface area (Å²) in [7, 11) is 1.51. The molecule has 2 aromatic carbocycles. The SMILES string of the molecule is COc1ccc2cc1OCCCn1cc(nn1)CNC(=O)[C@@H](Cc1ccccc1)NC(=O)[C@H]([C@@H](C)O)NC(=O)[C@H](C1CCCCC1)NC2=O. The summed E-state index contributed by atoms with van der Waals surface area (Å²) >= 11 is 0. The molecule has 2 aliphatic rings. The van der Waals surface area contributed by atoms with E-state index in [1.165, 1.54) is 14.0 Å². The number of methoxy groups -OCH3 is 1. The van der Waals surface area contributed by atoms with Crippen LogP contribution in [0, 0.1) is 5.92 Å². The lowest BCUT2D eigenvalue weighted by molar-refractivity contribution is -0.135. The van der Waals surface area contributed by atoms with Gasteiger partial charge in [-0.1, -0.05) is 54.8 Å². The second kappa shape index (κ2) is 16.9. The van der Waals surface area contributed by atoms with Crippen LogP contribution in [0.1, 0.15) is 67.1 Å². The summed E-state index contributed by atoms with van der Waals surface area (Å²) in [5.41, 5.74) is 1.59. The van der Waals surface area contributed by atoms with Gasteiger partial charge in [0.1, 0.15) is 23.8 Å². The van der Waals surface area contributed by atoms with Crippen LogP contribution in [-0.4, -0.2) is 81.7 Å². The van der Waals surface area contributed by atoms with E-state index in [0.29, 0.717) is 49.6 Å². The molecule has 14 heteroatoms. The molecule has 2 heterocycles. The van der Waals surface area contributed by atoms with E-state index >= 15 is 0 Å². The smallest absolute Gasteiger partial charge is 0.252 e. The van der Waals surface area contributed by atoms with Crippen molar-refractivity contribution in [3.63, 3.8) is 0 Å². The van der Waals surface area contributed by atoms with Crippen molar-refractivity contribution in [3.05, 3.63) is 71.5 Å². The summed E-state index contributed by atoms with van der Waals surface area (Å²) in [4.78, 5) is 54.8. The fourth-order valence-electron chi connectivity index (χ4n) is 6.23. The molecule has 49 heavy (non-hydrogen) atoms. The van der Waals surface area contributed by atoms with E-state index in [1.54, 1.807) is 29.1 Å². The third kappa shape index (κ3) is 9.56. The monoisotopic (exact) mass is 675 g/mol. The number of aliphatic hydroxyl groups is 1. The lowest BCUT2D eigenvalue weighted by Crippen LogP contribution is -2.61. The highest BCUT2D eigenvalue weighted by Crippen LogP contribution is 2.30. The van der Waals surface area contributed by atoms with Crippen molar-refractivity contribution in [1.29, 1.82) is 0 Å². The number of nitrogens with one attached hydrogen (secondary N) is 4. The molecule has 1 aromatic heterocycles. The number of hydrogen-bond donors (Lipinski definition) is 5. The second-order valence-corrected chi connectivity index (χ2v) is 12.6. The quantitative estimate of drug-likeness (QED) is 0.268. The van der Waals surface area contributed by atoms with Crippen molar-refractivity contribution in [2.24, 2.45) is 5.92 Å². The summed E-state index contributed by atoms with van der Waals surface area (Å²) in [5, 5.41) is 30.1. The van der Waals surface area contributed by atoms with Crippen LogP contribution < -0.4 is 30.7 Å².